The van der Waals surface area contributed by atoms with Gasteiger partial charge in [-0.05, 0) is 17.7 Å². The molecule has 1 atom stereocenters. The van der Waals surface area contributed by atoms with Crippen molar-refractivity contribution in [3.05, 3.63) is 70.5 Å². The number of hydrogen-bond acceptors (Lipinski definition) is 6. The van der Waals surface area contributed by atoms with Crippen molar-refractivity contribution in [2.24, 2.45) is 0 Å². The quantitative estimate of drug-likeness (QED) is 0.475. The second-order valence-corrected chi connectivity index (χ2v) is 8.15. The molecule has 152 valence electrons. The zero-order chi connectivity index (χ0) is 20.1. The molecule has 1 N–H and O–H groups in total. The van der Waals surface area contributed by atoms with E-state index in [4.69, 9.17) is 9.72 Å². The molecule has 0 amide bonds. The van der Waals surface area contributed by atoms with Gasteiger partial charge in [0.25, 0.3) is 5.56 Å². The van der Waals surface area contributed by atoms with Crippen molar-refractivity contribution < 1.29 is 9.84 Å². The maximum atomic E-state index is 13.1. The fraction of sp³-hybridized carbons (Fsp3) is 0.364. The van der Waals surface area contributed by atoms with Gasteiger partial charge in [0.1, 0.15) is 0 Å². The molecular formula is C22H25N3O3S. The number of benzene rings is 2. The van der Waals surface area contributed by atoms with Gasteiger partial charge in [-0.2, -0.15) is 0 Å². The Bertz CT molecular complexity index is 1000. The molecule has 0 saturated carbocycles. The van der Waals surface area contributed by atoms with E-state index in [1.807, 2.05) is 54.6 Å². The summed E-state index contributed by atoms with van der Waals surface area (Å²) in [5, 5.41) is 11.8. The van der Waals surface area contributed by atoms with Crippen LogP contribution in [0, 0.1) is 0 Å². The van der Waals surface area contributed by atoms with E-state index in [0.717, 1.165) is 18.7 Å². The first-order valence-electron chi connectivity index (χ1n) is 9.85. The predicted octanol–water partition coefficient (Wildman–Crippen LogP) is 2.23. The molecule has 7 heteroatoms. The molecule has 1 fully saturated rings. The van der Waals surface area contributed by atoms with Gasteiger partial charge in [0.2, 0.25) is 0 Å². The number of fused-ring (bicyclic) bond motifs is 1. The summed E-state index contributed by atoms with van der Waals surface area (Å²) in [6.45, 7) is 4.17. The van der Waals surface area contributed by atoms with Gasteiger partial charge < -0.3 is 9.84 Å². The molecule has 0 radical (unpaired) electrons. The Morgan fingerprint density at radius 1 is 1.07 bits per heavy atom. The van der Waals surface area contributed by atoms with E-state index in [1.54, 1.807) is 4.57 Å². The Morgan fingerprint density at radius 2 is 1.79 bits per heavy atom. The lowest BCUT2D eigenvalue weighted by molar-refractivity contribution is 0.0188. The van der Waals surface area contributed by atoms with Crippen molar-refractivity contribution in [2.75, 3.05) is 38.6 Å². The van der Waals surface area contributed by atoms with Crippen molar-refractivity contribution in [3.63, 3.8) is 0 Å². The Balaban J connectivity index is 1.56. The third kappa shape index (κ3) is 5.05. The second-order valence-electron chi connectivity index (χ2n) is 7.17. The maximum Gasteiger partial charge on any atom is 0.262 e. The molecule has 1 aliphatic heterocycles. The summed E-state index contributed by atoms with van der Waals surface area (Å²) in [6, 6.07) is 17.3. The van der Waals surface area contributed by atoms with Crippen molar-refractivity contribution in [1.82, 2.24) is 14.5 Å². The number of aliphatic hydroxyl groups is 1. The highest BCUT2D eigenvalue weighted by molar-refractivity contribution is 7.99. The molecule has 6 nitrogen and oxygen atoms in total. The SMILES string of the molecule is O=c1c2ccccc2nc(SC[C@@H](O)CN2CCOCC2)n1Cc1ccccc1. The molecule has 1 aliphatic rings. The Labute approximate surface area is 174 Å². The zero-order valence-corrected chi connectivity index (χ0v) is 17.1. The molecule has 2 aromatic carbocycles. The summed E-state index contributed by atoms with van der Waals surface area (Å²) in [7, 11) is 0. The van der Waals surface area contributed by atoms with E-state index in [9.17, 15) is 9.90 Å². The fourth-order valence-electron chi connectivity index (χ4n) is 3.47. The van der Waals surface area contributed by atoms with Gasteiger partial charge in [-0.25, -0.2) is 4.98 Å². The summed E-state index contributed by atoms with van der Waals surface area (Å²) >= 11 is 1.44. The van der Waals surface area contributed by atoms with Gasteiger partial charge in [-0.15, -0.1) is 0 Å². The minimum absolute atomic E-state index is 0.0513. The van der Waals surface area contributed by atoms with Gasteiger partial charge >= 0.3 is 0 Å². The number of aromatic nitrogens is 2. The molecule has 1 saturated heterocycles. The molecule has 2 heterocycles. The smallest absolute Gasteiger partial charge is 0.262 e. The highest BCUT2D eigenvalue weighted by atomic mass is 32.2. The second kappa shape index (κ2) is 9.54. The minimum Gasteiger partial charge on any atom is -0.391 e. The van der Waals surface area contributed by atoms with Crippen LogP contribution in [0.25, 0.3) is 10.9 Å². The molecule has 4 rings (SSSR count). The van der Waals surface area contributed by atoms with Crippen LogP contribution in [0.1, 0.15) is 5.56 Å². The van der Waals surface area contributed by atoms with Crippen LogP contribution in [0.3, 0.4) is 0 Å². The topological polar surface area (TPSA) is 67.6 Å². The molecule has 0 unspecified atom stereocenters. The largest absolute Gasteiger partial charge is 0.391 e. The van der Waals surface area contributed by atoms with Crippen LogP contribution in [0.4, 0.5) is 0 Å². The first kappa shape index (κ1) is 20.1. The van der Waals surface area contributed by atoms with Crippen molar-refractivity contribution >= 4 is 22.7 Å². The van der Waals surface area contributed by atoms with Gasteiger partial charge in [0.05, 0.1) is 36.8 Å². The van der Waals surface area contributed by atoms with Crippen LogP contribution in [-0.4, -0.2) is 64.3 Å². The van der Waals surface area contributed by atoms with Crippen molar-refractivity contribution in [2.45, 2.75) is 17.8 Å². The van der Waals surface area contributed by atoms with Gasteiger partial charge in [-0.1, -0.05) is 54.2 Å². The van der Waals surface area contributed by atoms with Crippen LogP contribution >= 0.6 is 11.8 Å². The van der Waals surface area contributed by atoms with Gasteiger partial charge in [0, 0.05) is 25.4 Å². The number of β-amino-alcohol motifs (C(OH)–C–C–N with tert-alkyl or cyclic N) is 1. The number of aliphatic hydroxyl groups excluding tert-OH is 1. The number of para-hydroxylation sites is 1. The predicted molar refractivity (Wildman–Crippen MR) is 116 cm³/mol. The normalized spacial score (nSPS) is 16.2. The molecule has 3 aromatic rings. The first-order chi connectivity index (χ1) is 14.2. The van der Waals surface area contributed by atoms with Gasteiger partial charge in [-0.3, -0.25) is 14.3 Å². The van der Waals surface area contributed by atoms with Crippen molar-refractivity contribution in [3.8, 4) is 0 Å². The van der Waals surface area contributed by atoms with E-state index in [-0.39, 0.29) is 5.56 Å². The number of hydrogen-bond donors (Lipinski definition) is 1. The molecule has 0 aliphatic carbocycles. The van der Waals surface area contributed by atoms with Crippen LogP contribution in [-0.2, 0) is 11.3 Å². The maximum absolute atomic E-state index is 13.1. The average Bonchev–Trinajstić information content (AvgIpc) is 2.76. The number of nitrogens with zero attached hydrogens (tertiary/aromatic N) is 3. The molecule has 1 aromatic heterocycles. The average molecular weight is 412 g/mol. The van der Waals surface area contributed by atoms with Crippen LogP contribution in [0.5, 0.6) is 0 Å². The lowest BCUT2D eigenvalue weighted by Crippen LogP contribution is -2.41. The standard InChI is InChI=1S/C22H25N3O3S/c26-18(15-24-10-12-28-13-11-24)16-29-22-23-20-9-5-4-8-19(20)21(27)25(22)14-17-6-2-1-3-7-17/h1-9,18,26H,10-16H2/t18-/m0/s1. The number of morpholine rings is 1. The summed E-state index contributed by atoms with van der Waals surface area (Å²) < 4.78 is 7.07. The van der Waals surface area contributed by atoms with E-state index in [1.165, 1.54) is 11.8 Å². The number of thioether (sulfide) groups is 1. The highest BCUT2D eigenvalue weighted by Gasteiger charge is 2.17. The van der Waals surface area contributed by atoms with Crippen LogP contribution < -0.4 is 5.56 Å². The fourth-order valence-corrected chi connectivity index (χ4v) is 4.38. The molecular weight excluding hydrogens is 386 g/mol. The van der Waals surface area contributed by atoms with E-state index in [2.05, 4.69) is 4.90 Å². The third-order valence-electron chi connectivity index (χ3n) is 4.99. The Kier molecular flexibility index (Phi) is 6.61. The van der Waals surface area contributed by atoms with Crippen LogP contribution in [0.2, 0.25) is 0 Å². The van der Waals surface area contributed by atoms with Gasteiger partial charge in [0.15, 0.2) is 5.16 Å². The lowest BCUT2D eigenvalue weighted by Gasteiger charge is -2.28. The monoisotopic (exact) mass is 411 g/mol. The summed E-state index contributed by atoms with van der Waals surface area (Å²) in [4.78, 5) is 20.1. The van der Waals surface area contributed by atoms with Crippen molar-refractivity contribution in [1.29, 1.82) is 0 Å². The van der Waals surface area contributed by atoms with E-state index < -0.39 is 6.10 Å². The Hall–Kier alpha value is -2.19. The Morgan fingerprint density at radius 3 is 2.59 bits per heavy atom. The lowest BCUT2D eigenvalue weighted by atomic mass is 10.2. The van der Waals surface area contributed by atoms with E-state index >= 15 is 0 Å². The number of rotatable bonds is 7. The molecule has 0 bridgehead atoms. The summed E-state index contributed by atoms with van der Waals surface area (Å²) in [5.41, 5.74) is 1.68. The summed E-state index contributed by atoms with van der Waals surface area (Å²) in [6.07, 6.45) is -0.494. The highest BCUT2D eigenvalue weighted by Crippen LogP contribution is 2.20. The van der Waals surface area contributed by atoms with Crippen LogP contribution in [0.15, 0.2) is 64.5 Å². The first-order valence-corrected chi connectivity index (χ1v) is 10.8. The van der Waals surface area contributed by atoms with E-state index in [0.29, 0.717) is 48.1 Å². The third-order valence-corrected chi connectivity index (χ3v) is 6.11. The molecule has 29 heavy (non-hydrogen) atoms. The minimum atomic E-state index is -0.494. The zero-order valence-electron chi connectivity index (χ0n) is 16.2. The molecule has 0 spiro atoms. The number of ether oxygens (including phenoxy) is 1. The summed E-state index contributed by atoms with van der Waals surface area (Å²) in [5.74, 6) is 0.483.